The Balaban J connectivity index is 1.95. The van der Waals surface area contributed by atoms with E-state index in [2.05, 4.69) is 11.4 Å². The van der Waals surface area contributed by atoms with Gasteiger partial charge in [0.05, 0.1) is 0 Å². The lowest BCUT2D eigenvalue weighted by Gasteiger charge is -2.19. The van der Waals surface area contributed by atoms with Crippen LogP contribution >= 0.6 is 0 Å². The van der Waals surface area contributed by atoms with Crippen molar-refractivity contribution in [3.8, 4) is 0 Å². The minimum absolute atomic E-state index is 0.240. The van der Waals surface area contributed by atoms with E-state index in [0.29, 0.717) is 0 Å². The van der Waals surface area contributed by atoms with Crippen molar-refractivity contribution in [1.29, 1.82) is 0 Å². The average Bonchev–Trinajstić information content (AvgIpc) is 2.39. The maximum absolute atomic E-state index is 11.7. The van der Waals surface area contributed by atoms with Gasteiger partial charge in [0.25, 0.3) is 0 Å². The van der Waals surface area contributed by atoms with E-state index < -0.39 is 12.6 Å². The lowest BCUT2D eigenvalue weighted by molar-refractivity contribution is -0.143. The van der Waals surface area contributed by atoms with Crippen LogP contribution in [0.3, 0.4) is 0 Å². The van der Waals surface area contributed by atoms with Crippen LogP contribution in [0.2, 0.25) is 0 Å². The number of rotatable bonds is 5. The van der Waals surface area contributed by atoms with E-state index in [1.807, 2.05) is 12.1 Å². The Morgan fingerprint density at radius 2 is 2.00 bits per heavy atom. The third-order valence-electron chi connectivity index (χ3n) is 3.13. The molecule has 1 aromatic rings. The molecule has 0 saturated heterocycles. The van der Waals surface area contributed by atoms with Gasteiger partial charge in [-0.25, -0.2) is 4.79 Å². The van der Waals surface area contributed by atoms with Crippen molar-refractivity contribution in [3.05, 3.63) is 29.3 Å². The normalized spacial score (nSPS) is 13.7. The molecule has 0 aromatic heterocycles. The first-order valence-electron chi connectivity index (χ1n) is 6.37. The summed E-state index contributed by atoms with van der Waals surface area (Å²) in [5, 5.41) is 11.2. The summed E-state index contributed by atoms with van der Waals surface area (Å²) >= 11 is 0. The van der Waals surface area contributed by atoms with E-state index in [1.165, 1.54) is 17.5 Å². The second-order valence-corrected chi connectivity index (χ2v) is 4.59. The second kappa shape index (κ2) is 6.33. The van der Waals surface area contributed by atoms with Crippen LogP contribution in [-0.2, 0) is 27.2 Å². The Kier molecular flexibility index (Phi) is 4.52. The molecule has 2 N–H and O–H groups in total. The van der Waals surface area contributed by atoms with E-state index in [4.69, 9.17) is 9.84 Å². The van der Waals surface area contributed by atoms with E-state index in [9.17, 15) is 9.59 Å². The molecular weight excluding hydrogens is 246 g/mol. The highest BCUT2D eigenvalue weighted by molar-refractivity contribution is 5.92. The number of carbonyl (C=O) groups is 2. The van der Waals surface area contributed by atoms with Crippen LogP contribution in [0.4, 0.5) is 5.69 Å². The number of anilines is 1. The smallest absolute Gasteiger partial charge is 0.329 e. The standard InChI is InChI=1S/C14H17NO4/c16-13(8-19-9-14(17)18)15-12-7-3-5-10-4-1-2-6-11(10)12/h3,5,7H,1-2,4,6,8-9H2,(H,15,16)(H,17,18). The molecule has 2 rings (SSSR count). The first kappa shape index (κ1) is 13.5. The SMILES string of the molecule is O=C(O)COCC(=O)Nc1cccc2c1CCCC2. The van der Waals surface area contributed by atoms with Gasteiger partial charge in [0.2, 0.25) is 5.91 Å². The Hall–Kier alpha value is -1.88. The molecule has 0 aliphatic heterocycles. The molecule has 5 nitrogen and oxygen atoms in total. The number of carboxylic acid groups (broad SMARTS) is 1. The maximum atomic E-state index is 11.7. The van der Waals surface area contributed by atoms with Gasteiger partial charge in [-0.1, -0.05) is 12.1 Å². The Morgan fingerprint density at radius 3 is 2.79 bits per heavy atom. The summed E-state index contributed by atoms with van der Waals surface area (Å²) in [7, 11) is 0. The third kappa shape index (κ3) is 3.79. The number of carbonyl (C=O) groups excluding carboxylic acids is 1. The molecule has 0 fully saturated rings. The molecule has 0 saturated carbocycles. The molecule has 102 valence electrons. The molecule has 1 amide bonds. The van der Waals surface area contributed by atoms with Crippen molar-refractivity contribution in [2.75, 3.05) is 18.5 Å². The molecule has 0 bridgehead atoms. The van der Waals surface area contributed by atoms with Gasteiger partial charge in [0, 0.05) is 5.69 Å². The number of nitrogens with one attached hydrogen (secondary N) is 1. The number of hydrogen-bond donors (Lipinski definition) is 2. The average molecular weight is 263 g/mol. The Labute approximate surface area is 111 Å². The van der Waals surface area contributed by atoms with Crippen LogP contribution in [0.5, 0.6) is 0 Å². The fourth-order valence-corrected chi connectivity index (χ4v) is 2.32. The molecule has 1 aliphatic rings. The maximum Gasteiger partial charge on any atom is 0.329 e. The molecule has 0 unspecified atom stereocenters. The highest BCUT2D eigenvalue weighted by atomic mass is 16.5. The summed E-state index contributed by atoms with van der Waals surface area (Å²) in [4.78, 5) is 21.9. The molecule has 0 radical (unpaired) electrons. The fourth-order valence-electron chi connectivity index (χ4n) is 2.32. The van der Waals surface area contributed by atoms with E-state index >= 15 is 0 Å². The molecule has 5 heteroatoms. The van der Waals surface area contributed by atoms with Crippen molar-refractivity contribution in [2.45, 2.75) is 25.7 Å². The number of aryl methyl sites for hydroxylation is 1. The molecule has 1 aromatic carbocycles. The monoisotopic (exact) mass is 263 g/mol. The number of benzene rings is 1. The Bertz CT molecular complexity index is 484. The summed E-state index contributed by atoms with van der Waals surface area (Å²) < 4.78 is 4.76. The lowest BCUT2D eigenvalue weighted by atomic mass is 9.90. The first-order chi connectivity index (χ1) is 9.16. The second-order valence-electron chi connectivity index (χ2n) is 4.59. The van der Waals surface area contributed by atoms with Gasteiger partial charge in [-0.3, -0.25) is 4.79 Å². The van der Waals surface area contributed by atoms with Crippen molar-refractivity contribution < 1.29 is 19.4 Å². The van der Waals surface area contributed by atoms with Gasteiger partial charge in [-0.05, 0) is 42.9 Å². The summed E-state index contributed by atoms with van der Waals surface area (Å²) in [6, 6.07) is 5.89. The third-order valence-corrected chi connectivity index (χ3v) is 3.13. The van der Waals surface area contributed by atoms with Crippen LogP contribution in [0.15, 0.2) is 18.2 Å². The first-order valence-corrected chi connectivity index (χ1v) is 6.37. The molecule has 0 spiro atoms. The largest absolute Gasteiger partial charge is 0.480 e. The predicted molar refractivity (Wildman–Crippen MR) is 70.2 cm³/mol. The van der Waals surface area contributed by atoms with Crippen molar-refractivity contribution in [3.63, 3.8) is 0 Å². The number of ether oxygens (including phenoxy) is 1. The zero-order valence-corrected chi connectivity index (χ0v) is 10.6. The topological polar surface area (TPSA) is 75.6 Å². The van der Waals surface area contributed by atoms with Gasteiger partial charge in [-0.2, -0.15) is 0 Å². The quantitative estimate of drug-likeness (QED) is 0.846. The van der Waals surface area contributed by atoms with Crippen LogP contribution in [0.25, 0.3) is 0 Å². The van der Waals surface area contributed by atoms with Crippen molar-refractivity contribution in [1.82, 2.24) is 0 Å². The molecule has 19 heavy (non-hydrogen) atoms. The van der Waals surface area contributed by atoms with Crippen LogP contribution < -0.4 is 5.32 Å². The van der Waals surface area contributed by atoms with Gasteiger partial charge in [0.15, 0.2) is 0 Å². The lowest BCUT2D eigenvalue weighted by Crippen LogP contribution is -2.22. The summed E-state index contributed by atoms with van der Waals surface area (Å²) in [6.45, 7) is -0.698. The minimum atomic E-state index is -1.08. The number of carboxylic acids is 1. The van der Waals surface area contributed by atoms with Crippen molar-refractivity contribution in [2.24, 2.45) is 0 Å². The number of hydrogen-bond acceptors (Lipinski definition) is 3. The highest BCUT2D eigenvalue weighted by Crippen LogP contribution is 2.27. The molecule has 0 heterocycles. The summed E-state index contributed by atoms with van der Waals surface area (Å²) in [5.74, 6) is -1.40. The van der Waals surface area contributed by atoms with Crippen LogP contribution in [0.1, 0.15) is 24.0 Å². The highest BCUT2D eigenvalue weighted by Gasteiger charge is 2.14. The molecule has 1 aliphatic carbocycles. The Morgan fingerprint density at radius 1 is 1.21 bits per heavy atom. The van der Waals surface area contributed by atoms with Crippen LogP contribution in [0, 0.1) is 0 Å². The molecule has 0 atom stereocenters. The summed E-state index contributed by atoms with van der Waals surface area (Å²) in [6.07, 6.45) is 4.35. The summed E-state index contributed by atoms with van der Waals surface area (Å²) in [5.41, 5.74) is 3.30. The van der Waals surface area contributed by atoms with Crippen LogP contribution in [-0.4, -0.2) is 30.2 Å². The van der Waals surface area contributed by atoms with Gasteiger partial charge >= 0.3 is 5.97 Å². The zero-order valence-electron chi connectivity index (χ0n) is 10.6. The van der Waals surface area contributed by atoms with E-state index in [0.717, 1.165) is 24.9 Å². The minimum Gasteiger partial charge on any atom is -0.480 e. The van der Waals surface area contributed by atoms with Gasteiger partial charge in [0.1, 0.15) is 13.2 Å². The number of fused-ring (bicyclic) bond motifs is 1. The zero-order chi connectivity index (χ0) is 13.7. The number of aliphatic carboxylic acids is 1. The molecular formula is C14H17NO4. The van der Waals surface area contributed by atoms with Gasteiger partial charge in [-0.15, -0.1) is 0 Å². The van der Waals surface area contributed by atoms with E-state index in [1.54, 1.807) is 0 Å². The number of amides is 1. The van der Waals surface area contributed by atoms with E-state index in [-0.39, 0.29) is 12.5 Å². The predicted octanol–water partition coefficient (Wildman–Crippen LogP) is 1.61. The van der Waals surface area contributed by atoms with Gasteiger partial charge < -0.3 is 15.2 Å². The van der Waals surface area contributed by atoms with Crippen molar-refractivity contribution >= 4 is 17.6 Å². The fraction of sp³-hybridized carbons (Fsp3) is 0.429.